The molecule has 13 heavy (non-hydrogen) atoms. The number of ether oxygens (including phenoxy) is 1. The third kappa shape index (κ3) is 3.18. The molecule has 0 aromatic heterocycles. The molecule has 74 valence electrons. The Morgan fingerprint density at radius 1 is 1.54 bits per heavy atom. The first kappa shape index (κ1) is 12.2. The molecule has 0 saturated heterocycles. The second kappa shape index (κ2) is 5.75. The molecule has 0 fully saturated rings. The van der Waals surface area contributed by atoms with Gasteiger partial charge < -0.3 is 4.74 Å². The van der Waals surface area contributed by atoms with Gasteiger partial charge in [0.2, 0.25) is 0 Å². The van der Waals surface area contributed by atoms with Gasteiger partial charge in [-0.05, 0) is 18.2 Å². The van der Waals surface area contributed by atoms with E-state index in [1.54, 1.807) is 6.07 Å². The van der Waals surface area contributed by atoms with E-state index in [1.807, 2.05) is 0 Å². The van der Waals surface area contributed by atoms with E-state index in [9.17, 15) is 4.39 Å². The van der Waals surface area contributed by atoms with Gasteiger partial charge in [0.1, 0.15) is 11.6 Å². The fourth-order valence-electron chi connectivity index (χ4n) is 0.995. The van der Waals surface area contributed by atoms with E-state index in [-0.39, 0.29) is 18.2 Å². The fourth-order valence-corrected chi connectivity index (χ4v) is 0.995. The van der Waals surface area contributed by atoms with Gasteiger partial charge in [0.15, 0.2) is 0 Å². The summed E-state index contributed by atoms with van der Waals surface area (Å²) in [6.45, 7) is 0.390. The maximum absolute atomic E-state index is 12.7. The van der Waals surface area contributed by atoms with Gasteiger partial charge >= 0.3 is 0 Å². The fraction of sp³-hybridized carbons (Fsp3) is 0.250. The SMILES string of the molecule is COc1ccc(F)cc1CNN.Cl. The lowest BCUT2D eigenvalue weighted by Gasteiger charge is -2.06. The average molecular weight is 207 g/mol. The van der Waals surface area contributed by atoms with Crippen molar-refractivity contribution >= 4 is 12.4 Å². The zero-order valence-electron chi connectivity index (χ0n) is 7.21. The number of hydrogen-bond donors (Lipinski definition) is 2. The third-order valence-electron chi connectivity index (χ3n) is 1.53. The van der Waals surface area contributed by atoms with Crippen LogP contribution in [0.4, 0.5) is 4.39 Å². The van der Waals surface area contributed by atoms with Crippen molar-refractivity contribution in [1.82, 2.24) is 5.43 Å². The van der Waals surface area contributed by atoms with Crippen molar-refractivity contribution in [3.8, 4) is 5.75 Å². The summed E-state index contributed by atoms with van der Waals surface area (Å²) in [4.78, 5) is 0. The Labute approximate surface area is 82.5 Å². The molecule has 0 aliphatic heterocycles. The molecule has 0 aliphatic rings. The molecule has 0 spiro atoms. The van der Waals surface area contributed by atoms with Crippen molar-refractivity contribution in [3.63, 3.8) is 0 Å². The molecule has 0 amide bonds. The number of hydrogen-bond acceptors (Lipinski definition) is 3. The molecule has 0 unspecified atom stereocenters. The predicted octanol–water partition coefficient (Wildman–Crippen LogP) is 1.22. The standard InChI is InChI=1S/C8H11FN2O.ClH/c1-12-8-3-2-7(9)4-6(8)5-11-10;/h2-4,11H,5,10H2,1H3;1H. The third-order valence-corrected chi connectivity index (χ3v) is 1.53. The minimum absolute atomic E-state index is 0. The second-order valence-electron chi connectivity index (χ2n) is 2.34. The molecule has 0 atom stereocenters. The highest BCUT2D eigenvalue weighted by Crippen LogP contribution is 2.18. The lowest BCUT2D eigenvalue weighted by atomic mass is 10.2. The number of nitrogens with two attached hydrogens (primary N) is 1. The Hall–Kier alpha value is -0.840. The van der Waals surface area contributed by atoms with E-state index in [0.29, 0.717) is 17.9 Å². The maximum atomic E-state index is 12.7. The topological polar surface area (TPSA) is 47.3 Å². The summed E-state index contributed by atoms with van der Waals surface area (Å²) in [6.07, 6.45) is 0. The Kier molecular flexibility index (Phi) is 5.37. The van der Waals surface area contributed by atoms with Crippen molar-refractivity contribution in [1.29, 1.82) is 0 Å². The molecule has 1 aromatic carbocycles. The van der Waals surface area contributed by atoms with Gasteiger partial charge in [-0.25, -0.2) is 4.39 Å². The zero-order chi connectivity index (χ0) is 8.97. The first-order chi connectivity index (χ1) is 5.77. The van der Waals surface area contributed by atoms with E-state index in [2.05, 4.69) is 5.43 Å². The summed E-state index contributed by atoms with van der Waals surface area (Å²) < 4.78 is 17.7. The van der Waals surface area contributed by atoms with Crippen LogP contribution in [-0.2, 0) is 6.54 Å². The second-order valence-corrected chi connectivity index (χ2v) is 2.34. The van der Waals surface area contributed by atoms with Crippen molar-refractivity contribution in [3.05, 3.63) is 29.6 Å². The van der Waals surface area contributed by atoms with Gasteiger partial charge in [0.25, 0.3) is 0 Å². The Morgan fingerprint density at radius 3 is 2.77 bits per heavy atom. The van der Waals surface area contributed by atoms with Crippen LogP contribution in [0, 0.1) is 5.82 Å². The molecule has 3 nitrogen and oxygen atoms in total. The summed E-state index contributed by atoms with van der Waals surface area (Å²) in [5, 5.41) is 0. The molecule has 5 heteroatoms. The van der Waals surface area contributed by atoms with Gasteiger partial charge in [0, 0.05) is 12.1 Å². The summed E-state index contributed by atoms with van der Waals surface area (Å²) >= 11 is 0. The van der Waals surface area contributed by atoms with Crippen molar-refractivity contribution in [2.45, 2.75) is 6.54 Å². The number of nitrogens with one attached hydrogen (secondary N) is 1. The lowest BCUT2D eigenvalue weighted by molar-refractivity contribution is 0.406. The van der Waals surface area contributed by atoms with Gasteiger partial charge in [0.05, 0.1) is 7.11 Å². The molecule has 1 aromatic rings. The largest absolute Gasteiger partial charge is 0.496 e. The number of rotatable bonds is 3. The minimum atomic E-state index is -0.291. The molecule has 0 radical (unpaired) electrons. The lowest BCUT2D eigenvalue weighted by Crippen LogP contribution is -2.21. The van der Waals surface area contributed by atoms with Crippen molar-refractivity contribution < 1.29 is 9.13 Å². The zero-order valence-corrected chi connectivity index (χ0v) is 8.03. The first-order valence-electron chi connectivity index (χ1n) is 3.54. The van der Waals surface area contributed by atoms with Crippen molar-refractivity contribution in [2.75, 3.05) is 7.11 Å². The molecule has 0 aliphatic carbocycles. The number of halogens is 2. The minimum Gasteiger partial charge on any atom is -0.496 e. The number of methoxy groups -OCH3 is 1. The van der Waals surface area contributed by atoms with Crippen LogP contribution in [0.15, 0.2) is 18.2 Å². The highest BCUT2D eigenvalue weighted by molar-refractivity contribution is 5.85. The maximum Gasteiger partial charge on any atom is 0.123 e. The van der Waals surface area contributed by atoms with Crippen LogP contribution in [0.3, 0.4) is 0 Å². The molecular formula is C8H12ClFN2O. The molecule has 0 bridgehead atoms. The summed E-state index contributed by atoms with van der Waals surface area (Å²) in [5.74, 6) is 5.45. The highest BCUT2D eigenvalue weighted by Gasteiger charge is 2.02. The normalized spacial score (nSPS) is 9.15. The van der Waals surface area contributed by atoms with Crippen LogP contribution >= 0.6 is 12.4 Å². The van der Waals surface area contributed by atoms with Crippen LogP contribution in [0.5, 0.6) is 5.75 Å². The van der Waals surface area contributed by atoms with Gasteiger partial charge in [-0.2, -0.15) is 0 Å². The summed E-state index contributed by atoms with van der Waals surface area (Å²) in [5.41, 5.74) is 3.15. The van der Waals surface area contributed by atoms with Crippen LogP contribution in [-0.4, -0.2) is 7.11 Å². The monoisotopic (exact) mass is 206 g/mol. The van der Waals surface area contributed by atoms with Crippen molar-refractivity contribution in [2.24, 2.45) is 5.84 Å². The molecule has 1 rings (SSSR count). The van der Waals surface area contributed by atoms with E-state index in [4.69, 9.17) is 10.6 Å². The molecule has 3 N–H and O–H groups in total. The average Bonchev–Trinajstić information content (AvgIpc) is 2.05. The van der Waals surface area contributed by atoms with Gasteiger partial charge in [-0.3, -0.25) is 11.3 Å². The smallest absolute Gasteiger partial charge is 0.123 e. The van der Waals surface area contributed by atoms with E-state index in [1.165, 1.54) is 19.2 Å². The van der Waals surface area contributed by atoms with Crippen LogP contribution in [0.1, 0.15) is 5.56 Å². The first-order valence-corrected chi connectivity index (χ1v) is 3.54. The van der Waals surface area contributed by atoms with Crippen LogP contribution in [0.2, 0.25) is 0 Å². The van der Waals surface area contributed by atoms with Gasteiger partial charge in [-0.1, -0.05) is 0 Å². The quantitative estimate of drug-likeness (QED) is 0.578. The van der Waals surface area contributed by atoms with Gasteiger partial charge in [-0.15, -0.1) is 12.4 Å². The predicted molar refractivity (Wildman–Crippen MR) is 51.2 cm³/mol. The highest BCUT2D eigenvalue weighted by atomic mass is 35.5. The Morgan fingerprint density at radius 2 is 2.23 bits per heavy atom. The van der Waals surface area contributed by atoms with E-state index < -0.39 is 0 Å². The molecular weight excluding hydrogens is 195 g/mol. The number of benzene rings is 1. The Balaban J connectivity index is 0.00000144. The van der Waals surface area contributed by atoms with Crippen LogP contribution < -0.4 is 16.0 Å². The van der Waals surface area contributed by atoms with Crippen LogP contribution in [0.25, 0.3) is 0 Å². The molecule has 0 heterocycles. The van der Waals surface area contributed by atoms with E-state index >= 15 is 0 Å². The summed E-state index contributed by atoms with van der Waals surface area (Å²) in [6, 6.07) is 4.31. The number of hydrazine groups is 1. The molecule has 0 saturated carbocycles. The summed E-state index contributed by atoms with van der Waals surface area (Å²) in [7, 11) is 1.53. The van der Waals surface area contributed by atoms with E-state index in [0.717, 1.165) is 0 Å². The Bertz CT molecular complexity index is 270.